The zero-order valence-electron chi connectivity index (χ0n) is 15.6. The molecule has 28 heavy (non-hydrogen) atoms. The minimum absolute atomic E-state index is 0.00392. The third kappa shape index (κ3) is 5.04. The van der Waals surface area contributed by atoms with Crippen molar-refractivity contribution >= 4 is 23.1 Å². The zero-order valence-corrected chi connectivity index (χ0v) is 16.5. The molecule has 0 aliphatic rings. The molecule has 0 fully saturated rings. The quantitative estimate of drug-likeness (QED) is 0.392. The summed E-state index contributed by atoms with van der Waals surface area (Å²) in [5.74, 6) is 0.628. The van der Waals surface area contributed by atoms with Crippen molar-refractivity contribution in [1.29, 1.82) is 0 Å². The Morgan fingerprint density at radius 2 is 1.96 bits per heavy atom. The van der Waals surface area contributed by atoms with E-state index in [9.17, 15) is 9.59 Å². The number of thiophene rings is 1. The molecule has 8 heteroatoms. The fourth-order valence-electron chi connectivity index (χ4n) is 2.49. The predicted octanol–water partition coefficient (Wildman–Crippen LogP) is 4.21. The molecule has 0 spiro atoms. The molecule has 0 amide bonds. The average Bonchev–Trinajstić information content (AvgIpc) is 3.34. The molecule has 0 saturated heterocycles. The van der Waals surface area contributed by atoms with E-state index in [2.05, 4.69) is 10.1 Å². The van der Waals surface area contributed by atoms with E-state index in [0.717, 1.165) is 4.88 Å². The number of nitrogens with zero attached hydrogens (tertiary/aromatic N) is 2. The van der Waals surface area contributed by atoms with Crippen molar-refractivity contribution in [2.75, 3.05) is 6.61 Å². The van der Waals surface area contributed by atoms with Gasteiger partial charge in [-0.25, -0.2) is 0 Å². The number of Topliss-reactive ketones (excluding diaryl/α,β-unsaturated/α-hetero) is 1. The molecular formula is C20H20N2O5S. The maximum atomic E-state index is 12.0. The van der Waals surface area contributed by atoms with Crippen LogP contribution in [0.5, 0.6) is 5.75 Å². The number of hydrogen-bond acceptors (Lipinski definition) is 8. The van der Waals surface area contributed by atoms with Crippen molar-refractivity contribution in [1.82, 2.24) is 10.1 Å². The van der Waals surface area contributed by atoms with Crippen LogP contribution in [0.1, 0.15) is 40.2 Å². The van der Waals surface area contributed by atoms with E-state index < -0.39 is 5.97 Å². The van der Waals surface area contributed by atoms with Crippen LogP contribution in [-0.4, -0.2) is 28.5 Å². The van der Waals surface area contributed by atoms with E-state index in [1.807, 2.05) is 44.2 Å². The van der Waals surface area contributed by atoms with Gasteiger partial charge in [-0.05, 0) is 38.1 Å². The van der Waals surface area contributed by atoms with Crippen LogP contribution >= 0.6 is 11.3 Å². The van der Waals surface area contributed by atoms with Crippen LogP contribution in [-0.2, 0) is 16.1 Å². The van der Waals surface area contributed by atoms with Crippen molar-refractivity contribution in [3.63, 3.8) is 0 Å². The highest BCUT2D eigenvalue weighted by Crippen LogP contribution is 2.27. The smallest absolute Gasteiger partial charge is 0.306 e. The first-order valence-electron chi connectivity index (χ1n) is 8.87. The first-order chi connectivity index (χ1) is 13.6. The highest BCUT2D eigenvalue weighted by Gasteiger charge is 2.16. The van der Waals surface area contributed by atoms with Crippen molar-refractivity contribution < 1.29 is 23.6 Å². The lowest BCUT2D eigenvalue weighted by Crippen LogP contribution is -2.07. The Kier molecular flexibility index (Phi) is 6.54. The van der Waals surface area contributed by atoms with Gasteiger partial charge < -0.3 is 14.0 Å². The number of aryl methyl sites for hydroxylation is 1. The Bertz CT molecular complexity index is 963. The Labute approximate surface area is 166 Å². The van der Waals surface area contributed by atoms with Crippen LogP contribution in [0.3, 0.4) is 0 Å². The number of benzene rings is 1. The molecule has 0 unspecified atom stereocenters. The monoisotopic (exact) mass is 400 g/mol. The summed E-state index contributed by atoms with van der Waals surface area (Å²) in [5.41, 5.74) is 0.697. The molecule has 0 aliphatic heterocycles. The minimum atomic E-state index is -0.490. The molecule has 3 rings (SSSR count). The highest BCUT2D eigenvalue weighted by atomic mass is 32.1. The van der Waals surface area contributed by atoms with Crippen LogP contribution in [0.2, 0.25) is 0 Å². The maximum absolute atomic E-state index is 12.0. The van der Waals surface area contributed by atoms with Gasteiger partial charge in [-0.3, -0.25) is 9.59 Å². The number of esters is 1. The third-order valence-corrected chi connectivity index (χ3v) is 4.87. The molecule has 2 heterocycles. The maximum Gasteiger partial charge on any atom is 0.306 e. The predicted molar refractivity (Wildman–Crippen MR) is 103 cm³/mol. The number of aromatic nitrogens is 2. The first-order valence-corrected chi connectivity index (χ1v) is 9.68. The van der Waals surface area contributed by atoms with Gasteiger partial charge in [-0.2, -0.15) is 4.98 Å². The standard InChI is InChI=1S/C20H20N2O5S/c1-3-25-16-7-5-4-6-14(16)20-21-18(27-22-20)12-26-19(24)11-9-15(23)17-10-8-13(2)28-17/h4-8,10H,3,9,11-12H2,1-2H3. The fourth-order valence-corrected chi connectivity index (χ4v) is 3.33. The third-order valence-electron chi connectivity index (χ3n) is 3.82. The molecule has 0 saturated carbocycles. The van der Waals surface area contributed by atoms with Gasteiger partial charge in [-0.1, -0.05) is 17.3 Å². The van der Waals surface area contributed by atoms with Crippen LogP contribution in [0.15, 0.2) is 40.9 Å². The van der Waals surface area contributed by atoms with Crippen molar-refractivity contribution in [2.24, 2.45) is 0 Å². The largest absolute Gasteiger partial charge is 0.493 e. The van der Waals surface area contributed by atoms with E-state index in [1.165, 1.54) is 11.3 Å². The number of hydrogen-bond donors (Lipinski definition) is 0. The second-order valence-electron chi connectivity index (χ2n) is 5.94. The zero-order chi connectivity index (χ0) is 19.9. The van der Waals surface area contributed by atoms with Gasteiger partial charge >= 0.3 is 5.97 Å². The molecular weight excluding hydrogens is 380 g/mol. The van der Waals surface area contributed by atoms with Gasteiger partial charge in [0, 0.05) is 11.3 Å². The Hall–Kier alpha value is -3.00. The van der Waals surface area contributed by atoms with Gasteiger partial charge in [0.15, 0.2) is 12.4 Å². The second-order valence-corrected chi connectivity index (χ2v) is 7.22. The second kappa shape index (κ2) is 9.27. The lowest BCUT2D eigenvalue weighted by atomic mass is 10.2. The molecule has 0 radical (unpaired) electrons. The van der Waals surface area contributed by atoms with E-state index in [4.69, 9.17) is 14.0 Å². The van der Waals surface area contributed by atoms with Gasteiger partial charge in [-0.15, -0.1) is 11.3 Å². The Morgan fingerprint density at radius 1 is 1.14 bits per heavy atom. The number of carbonyl (C=O) groups is 2. The summed E-state index contributed by atoms with van der Waals surface area (Å²) in [7, 11) is 0. The van der Waals surface area contributed by atoms with Crippen molar-refractivity contribution in [3.8, 4) is 17.1 Å². The van der Waals surface area contributed by atoms with E-state index in [1.54, 1.807) is 6.07 Å². The SMILES string of the molecule is CCOc1ccccc1-c1noc(COC(=O)CCC(=O)c2ccc(C)s2)n1. The summed E-state index contributed by atoms with van der Waals surface area (Å²) in [4.78, 5) is 29.9. The van der Waals surface area contributed by atoms with E-state index in [0.29, 0.717) is 28.6 Å². The van der Waals surface area contributed by atoms with E-state index in [-0.39, 0.29) is 31.1 Å². The normalized spacial score (nSPS) is 10.6. The van der Waals surface area contributed by atoms with Gasteiger partial charge in [0.05, 0.1) is 23.5 Å². The first kappa shape index (κ1) is 19.8. The molecule has 0 N–H and O–H groups in total. The summed E-state index contributed by atoms with van der Waals surface area (Å²) in [6.45, 7) is 4.20. The number of ether oxygens (including phenoxy) is 2. The van der Waals surface area contributed by atoms with Crippen LogP contribution in [0.25, 0.3) is 11.4 Å². The van der Waals surface area contributed by atoms with Gasteiger partial charge in [0.25, 0.3) is 5.89 Å². The molecule has 0 atom stereocenters. The van der Waals surface area contributed by atoms with Crippen LogP contribution in [0, 0.1) is 6.92 Å². The van der Waals surface area contributed by atoms with Crippen molar-refractivity contribution in [2.45, 2.75) is 33.3 Å². The molecule has 3 aromatic rings. The lowest BCUT2D eigenvalue weighted by Gasteiger charge is -2.06. The molecule has 0 aliphatic carbocycles. The van der Waals surface area contributed by atoms with Gasteiger partial charge in [0.2, 0.25) is 5.82 Å². The Balaban J connectivity index is 1.52. The minimum Gasteiger partial charge on any atom is -0.493 e. The number of para-hydroxylation sites is 1. The van der Waals surface area contributed by atoms with Crippen molar-refractivity contribution in [3.05, 3.63) is 52.0 Å². The summed E-state index contributed by atoms with van der Waals surface area (Å²) in [6, 6.07) is 11.0. The molecule has 7 nitrogen and oxygen atoms in total. The number of carbonyl (C=O) groups excluding carboxylic acids is 2. The molecule has 2 aromatic heterocycles. The Morgan fingerprint density at radius 3 is 2.71 bits per heavy atom. The lowest BCUT2D eigenvalue weighted by molar-refractivity contribution is -0.145. The molecule has 1 aromatic carbocycles. The van der Waals surface area contributed by atoms with Crippen LogP contribution < -0.4 is 4.74 Å². The summed E-state index contributed by atoms with van der Waals surface area (Å²) in [5, 5.41) is 3.91. The number of rotatable bonds is 9. The van der Waals surface area contributed by atoms with Gasteiger partial charge in [0.1, 0.15) is 5.75 Å². The van der Waals surface area contributed by atoms with E-state index >= 15 is 0 Å². The summed E-state index contributed by atoms with van der Waals surface area (Å²) < 4.78 is 15.8. The topological polar surface area (TPSA) is 91.5 Å². The average molecular weight is 400 g/mol. The molecule has 0 bridgehead atoms. The van der Waals surface area contributed by atoms with Crippen LogP contribution in [0.4, 0.5) is 0 Å². The number of ketones is 1. The summed E-state index contributed by atoms with van der Waals surface area (Å²) >= 11 is 1.42. The summed E-state index contributed by atoms with van der Waals surface area (Å²) in [6.07, 6.45) is 0.111. The molecule has 146 valence electrons. The highest BCUT2D eigenvalue weighted by molar-refractivity contribution is 7.14. The fraction of sp³-hybridized carbons (Fsp3) is 0.300.